The van der Waals surface area contributed by atoms with Crippen LogP contribution in [0.1, 0.15) is 30.5 Å². The van der Waals surface area contributed by atoms with Crippen molar-refractivity contribution in [1.82, 2.24) is 10.2 Å². The number of hydrogen-bond acceptors (Lipinski definition) is 6. The van der Waals surface area contributed by atoms with E-state index in [4.69, 9.17) is 9.47 Å². The molecule has 0 aliphatic rings. The van der Waals surface area contributed by atoms with Crippen molar-refractivity contribution in [3.8, 4) is 11.1 Å². The summed E-state index contributed by atoms with van der Waals surface area (Å²) in [5.74, 6) is -1.81. The van der Waals surface area contributed by atoms with Crippen LogP contribution in [0.15, 0.2) is 109 Å². The Kier molecular flexibility index (Phi) is 12.4. The number of hydrogen-bond donors (Lipinski definition) is 2. The first-order valence-corrected chi connectivity index (χ1v) is 15.2. The van der Waals surface area contributed by atoms with Gasteiger partial charge >= 0.3 is 18.0 Å². The topological polar surface area (TPSA) is 105 Å². The van der Waals surface area contributed by atoms with Gasteiger partial charge in [0.1, 0.15) is 25.1 Å². The molecule has 0 spiro atoms. The second-order valence-corrected chi connectivity index (χ2v) is 11.4. The lowest BCUT2D eigenvalue weighted by atomic mass is 10.0. The van der Waals surface area contributed by atoms with E-state index in [-0.39, 0.29) is 44.5 Å². The number of amides is 2. The van der Waals surface area contributed by atoms with Crippen LogP contribution in [0.25, 0.3) is 11.1 Å². The van der Waals surface area contributed by atoms with E-state index in [0.717, 1.165) is 27.8 Å². The van der Waals surface area contributed by atoms with Crippen LogP contribution < -0.4 is 5.32 Å². The molecule has 2 N–H and O–H groups in total. The molecule has 0 aliphatic heterocycles. The van der Waals surface area contributed by atoms with Crippen molar-refractivity contribution in [2.24, 2.45) is 5.92 Å². The lowest BCUT2D eigenvalue weighted by Crippen LogP contribution is -2.52. The van der Waals surface area contributed by atoms with Crippen molar-refractivity contribution in [1.29, 1.82) is 0 Å². The van der Waals surface area contributed by atoms with Gasteiger partial charge in [-0.25, -0.2) is 18.8 Å². The molecule has 46 heavy (non-hydrogen) atoms. The Morgan fingerprint density at radius 2 is 1.20 bits per heavy atom. The molecule has 4 rings (SSSR count). The summed E-state index contributed by atoms with van der Waals surface area (Å²) in [5, 5.41) is 13.4. The molecule has 0 saturated carbocycles. The highest BCUT2D eigenvalue weighted by molar-refractivity contribution is 5.84. The second-order valence-electron chi connectivity index (χ2n) is 11.4. The Morgan fingerprint density at radius 3 is 1.72 bits per heavy atom. The van der Waals surface area contributed by atoms with Gasteiger partial charge in [0, 0.05) is 13.0 Å². The van der Waals surface area contributed by atoms with Gasteiger partial charge in [-0.2, -0.15) is 0 Å². The van der Waals surface area contributed by atoms with Crippen LogP contribution in [-0.2, 0) is 38.7 Å². The number of urea groups is 1. The van der Waals surface area contributed by atoms with Gasteiger partial charge in [-0.3, -0.25) is 0 Å². The van der Waals surface area contributed by atoms with Gasteiger partial charge in [0.15, 0.2) is 6.10 Å². The van der Waals surface area contributed by atoms with Gasteiger partial charge in [-0.05, 0) is 45.9 Å². The lowest BCUT2D eigenvalue weighted by molar-refractivity contribution is -0.155. The number of halogens is 1. The molecule has 0 saturated heterocycles. The second kappa shape index (κ2) is 16.9. The average molecular weight is 627 g/mol. The maximum atomic E-state index is 13.6. The minimum absolute atomic E-state index is 0.000720. The quantitative estimate of drug-likeness (QED) is 0.169. The largest absolute Gasteiger partial charge is 0.459 e. The standard InChI is InChI=1S/C37H39FN2O6/c1-26(2)22-40(23-34(41)36(43)46-25-29-11-7-4-8-12-29)37(44)39-33(35(42)45-24-28-9-5-3-6-10-28)21-27-13-15-30(16-14-27)31-17-19-32(38)20-18-31/h3-20,26,33-34,41H,21-25H2,1-2H3,(H,39,44)/t33-,34?/m0/s1. The molecule has 240 valence electrons. The highest BCUT2D eigenvalue weighted by atomic mass is 19.1. The maximum Gasteiger partial charge on any atom is 0.337 e. The number of aliphatic hydroxyl groups is 1. The highest BCUT2D eigenvalue weighted by Gasteiger charge is 2.29. The van der Waals surface area contributed by atoms with Crippen molar-refractivity contribution in [3.63, 3.8) is 0 Å². The van der Waals surface area contributed by atoms with Crippen molar-refractivity contribution < 1.29 is 33.4 Å². The molecule has 0 radical (unpaired) electrons. The number of nitrogens with one attached hydrogen (secondary N) is 1. The van der Waals surface area contributed by atoms with E-state index in [1.54, 1.807) is 24.3 Å². The molecule has 2 atom stereocenters. The van der Waals surface area contributed by atoms with Gasteiger partial charge in [0.2, 0.25) is 0 Å². The molecule has 1 unspecified atom stereocenters. The summed E-state index contributed by atoms with van der Waals surface area (Å²) in [6, 6.07) is 30.1. The van der Waals surface area contributed by atoms with E-state index in [9.17, 15) is 23.9 Å². The zero-order chi connectivity index (χ0) is 32.9. The first-order chi connectivity index (χ1) is 22.2. The number of nitrogens with zero attached hydrogens (tertiary/aromatic N) is 1. The zero-order valence-electron chi connectivity index (χ0n) is 26.0. The van der Waals surface area contributed by atoms with E-state index >= 15 is 0 Å². The summed E-state index contributed by atoms with van der Waals surface area (Å²) in [5.41, 5.74) is 4.02. The number of esters is 2. The summed E-state index contributed by atoms with van der Waals surface area (Å²) < 4.78 is 24.2. The molecule has 0 bridgehead atoms. The molecular weight excluding hydrogens is 587 g/mol. The molecule has 4 aromatic rings. The molecular formula is C37H39FN2O6. The van der Waals surface area contributed by atoms with Crippen LogP contribution in [0.2, 0.25) is 0 Å². The highest BCUT2D eigenvalue weighted by Crippen LogP contribution is 2.21. The first-order valence-electron chi connectivity index (χ1n) is 15.2. The molecule has 2 amide bonds. The maximum absolute atomic E-state index is 13.6. The molecule has 0 heterocycles. The third-order valence-corrected chi connectivity index (χ3v) is 7.14. The van der Waals surface area contributed by atoms with Gasteiger partial charge < -0.3 is 24.8 Å². The smallest absolute Gasteiger partial charge is 0.337 e. The van der Waals surface area contributed by atoms with Crippen LogP contribution in [0.3, 0.4) is 0 Å². The van der Waals surface area contributed by atoms with Gasteiger partial charge in [0.25, 0.3) is 0 Å². The Morgan fingerprint density at radius 1 is 0.696 bits per heavy atom. The van der Waals surface area contributed by atoms with E-state index < -0.39 is 30.1 Å². The van der Waals surface area contributed by atoms with Crippen LogP contribution in [-0.4, -0.2) is 53.2 Å². The van der Waals surface area contributed by atoms with Crippen molar-refractivity contribution >= 4 is 18.0 Å². The lowest BCUT2D eigenvalue weighted by Gasteiger charge is -2.28. The predicted molar refractivity (Wildman–Crippen MR) is 173 cm³/mol. The number of carbonyl (C=O) groups is 3. The predicted octanol–water partition coefficient (Wildman–Crippen LogP) is 5.92. The molecule has 0 aromatic heterocycles. The fourth-order valence-corrected chi connectivity index (χ4v) is 4.76. The number of benzene rings is 4. The van der Waals surface area contributed by atoms with E-state index in [1.807, 2.05) is 86.6 Å². The minimum atomic E-state index is -1.59. The van der Waals surface area contributed by atoms with E-state index in [2.05, 4.69) is 5.32 Å². The van der Waals surface area contributed by atoms with Crippen molar-refractivity contribution in [2.45, 2.75) is 45.6 Å². The van der Waals surface area contributed by atoms with Crippen LogP contribution >= 0.6 is 0 Å². The Balaban J connectivity index is 1.46. The Labute approximate surface area is 268 Å². The van der Waals surface area contributed by atoms with Gasteiger partial charge in [-0.1, -0.05) is 111 Å². The fourth-order valence-electron chi connectivity index (χ4n) is 4.76. The van der Waals surface area contributed by atoms with E-state index in [1.165, 1.54) is 17.0 Å². The summed E-state index contributed by atoms with van der Waals surface area (Å²) >= 11 is 0. The molecule has 8 nitrogen and oxygen atoms in total. The first kappa shape index (κ1) is 33.9. The third kappa shape index (κ3) is 10.6. The van der Waals surface area contributed by atoms with Crippen molar-refractivity contribution in [2.75, 3.05) is 13.1 Å². The molecule has 4 aromatic carbocycles. The Hall–Kier alpha value is -5.02. The molecule has 0 fully saturated rings. The monoisotopic (exact) mass is 626 g/mol. The fraction of sp³-hybridized carbons (Fsp3) is 0.270. The Bertz CT molecular complexity index is 1550. The van der Waals surface area contributed by atoms with E-state index in [0.29, 0.717) is 0 Å². The molecule has 9 heteroatoms. The third-order valence-electron chi connectivity index (χ3n) is 7.14. The number of carbonyl (C=O) groups excluding carboxylic acids is 3. The number of rotatable bonds is 14. The summed E-state index contributed by atoms with van der Waals surface area (Å²) in [4.78, 5) is 40.8. The molecule has 0 aliphatic carbocycles. The van der Waals surface area contributed by atoms with Gasteiger partial charge in [0.05, 0.1) is 6.54 Å². The van der Waals surface area contributed by atoms with Crippen molar-refractivity contribution in [3.05, 3.63) is 132 Å². The van der Waals surface area contributed by atoms with Crippen LogP contribution in [0.5, 0.6) is 0 Å². The zero-order valence-corrected chi connectivity index (χ0v) is 26.0. The number of aliphatic hydroxyl groups excluding tert-OH is 1. The van der Waals surface area contributed by atoms with Crippen LogP contribution in [0, 0.1) is 11.7 Å². The average Bonchev–Trinajstić information content (AvgIpc) is 3.07. The minimum Gasteiger partial charge on any atom is -0.459 e. The summed E-state index contributed by atoms with van der Waals surface area (Å²) in [6.45, 7) is 3.70. The normalized spacial score (nSPS) is 12.2. The van der Waals surface area contributed by atoms with Gasteiger partial charge in [-0.15, -0.1) is 0 Å². The van der Waals surface area contributed by atoms with Crippen LogP contribution in [0.4, 0.5) is 9.18 Å². The summed E-state index contributed by atoms with van der Waals surface area (Å²) in [6.07, 6.45) is -1.46. The summed E-state index contributed by atoms with van der Waals surface area (Å²) in [7, 11) is 0. The number of ether oxygens (including phenoxy) is 2. The SMILES string of the molecule is CC(C)CN(CC(O)C(=O)OCc1ccccc1)C(=O)N[C@@H](Cc1ccc(-c2ccc(F)cc2)cc1)C(=O)OCc1ccccc1.